The lowest BCUT2D eigenvalue weighted by atomic mass is 9.92. The lowest BCUT2D eigenvalue weighted by Crippen LogP contribution is -2.52. The Balaban J connectivity index is 2.88. The summed E-state index contributed by atoms with van der Waals surface area (Å²) < 4.78 is 6.14. The summed E-state index contributed by atoms with van der Waals surface area (Å²) in [7, 11) is 3.86. The highest BCUT2D eigenvalue weighted by atomic mass is 16.5. The van der Waals surface area contributed by atoms with Gasteiger partial charge < -0.3 is 14.8 Å². The summed E-state index contributed by atoms with van der Waals surface area (Å²) >= 11 is 0. The maximum atomic E-state index is 13.2. The van der Waals surface area contributed by atoms with E-state index in [1.54, 1.807) is 6.92 Å². The molecule has 0 saturated heterocycles. The first-order chi connectivity index (χ1) is 12.3. The maximum absolute atomic E-state index is 13.2. The Hall–Kier alpha value is -1.27. The van der Waals surface area contributed by atoms with E-state index in [4.69, 9.17) is 4.74 Å². The highest BCUT2D eigenvalue weighted by Gasteiger charge is 2.48. The number of nitrogens with zero attached hydrogens (tertiary/aromatic N) is 1. The summed E-state index contributed by atoms with van der Waals surface area (Å²) in [6.07, 6.45) is 5.89. The number of rotatable bonds is 11. The molecule has 4 atom stereocenters. The SMILES string of the molecule is CCCCC[N+](C)(C)C(=O)[C@@H]1C[C@H](OCCC)C[C@H]1C(=O)NC(C)C=O. The fourth-order valence-corrected chi connectivity index (χ4v) is 3.66. The third kappa shape index (κ3) is 6.47. The van der Waals surface area contributed by atoms with Gasteiger partial charge in [-0.05, 0) is 39.0 Å². The number of carbonyl (C=O) groups is 3. The van der Waals surface area contributed by atoms with E-state index in [1.165, 1.54) is 0 Å². The maximum Gasteiger partial charge on any atom is 0.317 e. The monoisotopic (exact) mass is 369 g/mol. The van der Waals surface area contributed by atoms with Crippen LogP contribution in [-0.4, -0.2) is 62.0 Å². The molecule has 1 unspecified atom stereocenters. The van der Waals surface area contributed by atoms with Gasteiger partial charge in [-0.25, -0.2) is 4.79 Å². The van der Waals surface area contributed by atoms with Gasteiger partial charge >= 0.3 is 5.91 Å². The van der Waals surface area contributed by atoms with Gasteiger partial charge in [0.25, 0.3) is 0 Å². The van der Waals surface area contributed by atoms with Crippen molar-refractivity contribution in [2.24, 2.45) is 11.8 Å². The van der Waals surface area contributed by atoms with E-state index < -0.39 is 12.0 Å². The van der Waals surface area contributed by atoms with E-state index >= 15 is 0 Å². The number of carbonyl (C=O) groups excluding carboxylic acids is 3. The van der Waals surface area contributed by atoms with Gasteiger partial charge in [0.2, 0.25) is 5.91 Å². The topological polar surface area (TPSA) is 72.5 Å². The molecule has 1 N–H and O–H groups in total. The average molecular weight is 370 g/mol. The predicted molar refractivity (Wildman–Crippen MR) is 101 cm³/mol. The smallest absolute Gasteiger partial charge is 0.317 e. The summed E-state index contributed by atoms with van der Waals surface area (Å²) in [5, 5.41) is 2.72. The van der Waals surface area contributed by atoms with Crippen LogP contribution in [-0.2, 0) is 19.1 Å². The fourth-order valence-electron chi connectivity index (χ4n) is 3.66. The molecule has 0 heterocycles. The molecule has 0 aromatic rings. The molecule has 0 radical (unpaired) electrons. The van der Waals surface area contributed by atoms with Crippen LogP contribution in [0.5, 0.6) is 0 Å². The minimum Gasteiger partial charge on any atom is -0.378 e. The van der Waals surface area contributed by atoms with Crippen molar-refractivity contribution in [3.05, 3.63) is 0 Å². The average Bonchev–Trinajstić information content (AvgIpc) is 3.03. The lowest BCUT2D eigenvalue weighted by Gasteiger charge is -2.31. The summed E-state index contributed by atoms with van der Waals surface area (Å²) in [6, 6.07) is -0.541. The van der Waals surface area contributed by atoms with Gasteiger partial charge in [0.05, 0.1) is 44.6 Å². The van der Waals surface area contributed by atoms with Gasteiger partial charge in [0.15, 0.2) is 0 Å². The molecule has 150 valence electrons. The van der Waals surface area contributed by atoms with Crippen molar-refractivity contribution in [3.63, 3.8) is 0 Å². The summed E-state index contributed by atoms with van der Waals surface area (Å²) in [6.45, 7) is 7.25. The number of amides is 2. The Kier molecular flexibility index (Phi) is 9.44. The van der Waals surface area contributed by atoms with Crippen LogP contribution in [0.2, 0.25) is 0 Å². The first kappa shape index (κ1) is 22.8. The molecule has 0 aromatic heterocycles. The summed E-state index contributed by atoms with van der Waals surface area (Å²) in [5.41, 5.74) is 0. The number of hydrogen-bond donors (Lipinski definition) is 1. The van der Waals surface area contributed by atoms with E-state index in [9.17, 15) is 14.4 Å². The van der Waals surface area contributed by atoms with E-state index in [2.05, 4.69) is 12.2 Å². The van der Waals surface area contributed by atoms with Crippen molar-refractivity contribution in [3.8, 4) is 0 Å². The second kappa shape index (κ2) is 10.8. The highest BCUT2D eigenvalue weighted by molar-refractivity contribution is 5.87. The molecule has 0 spiro atoms. The second-order valence-corrected chi connectivity index (χ2v) is 8.06. The Bertz CT molecular complexity index is 478. The van der Waals surface area contributed by atoms with E-state index in [1.807, 2.05) is 21.0 Å². The van der Waals surface area contributed by atoms with Crippen molar-refractivity contribution >= 4 is 18.1 Å². The van der Waals surface area contributed by atoms with Crippen molar-refractivity contribution in [2.75, 3.05) is 27.2 Å². The standard InChI is InChI=1S/C20H36N2O4/c1-6-8-9-10-22(4,5)20(25)18-13-16(26-11-7-2)12-17(18)19(24)21-15(3)14-23/h14-18H,6-13H2,1-5H3/p+1/t15?,16-,17-,18-/m1/s1. The van der Waals surface area contributed by atoms with E-state index in [0.717, 1.165) is 32.2 Å². The molecule has 0 aliphatic heterocycles. The van der Waals surface area contributed by atoms with Gasteiger partial charge in [-0.15, -0.1) is 0 Å². The molecular formula is C20H37N2O4+. The van der Waals surface area contributed by atoms with Gasteiger partial charge in [0, 0.05) is 6.61 Å². The third-order valence-corrected chi connectivity index (χ3v) is 5.22. The van der Waals surface area contributed by atoms with Crippen molar-refractivity contribution < 1.29 is 23.6 Å². The van der Waals surface area contributed by atoms with Crippen LogP contribution in [0.3, 0.4) is 0 Å². The number of aldehydes is 1. The van der Waals surface area contributed by atoms with E-state index in [-0.39, 0.29) is 28.3 Å². The number of unbranched alkanes of at least 4 members (excludes halogenated alkanes) is 2. The zero-order valence-electron chi connectivity index (χ0n) is 17.1. The van der Waals surface area contributed by atoms with Crippen LogP contribution in [0.15, 0.2) is 0 Å². The Labute approximate surface area is 158 Å². The Morgan fingerprint density at radius 3 is 2.38 bits per heavy atom. The Morgan fingerprint density at radius 2 is 1.81 bits per heavy atom. The van der Waals surface area contributed by atoms with Crippen LogP contribution < -0.4 is 5.32 Å². The quantitative estimate of drug-likeness (QED) is 0.345. The molecule has 6 heteroatoms. The van der Waals surface area contributed by atoms with Crippen LogP contribution in [0.1, 0.15) is 59.3 Å². The molecule has 1 fully saturated rings. The molecule has 1 aliphatic carbocycles. The predicted octanol–water partition coefficient (Wildman–Crippen LogP) is 2.30. The van der Waals surface area contributed by atoms with Crippen LogP contribution in [0.25, 0.3) is 0 Å². The van der Waals surface area contributed by atoms with Crippen molar-refractivity contribution in [2.45, 2.75) is 71.4 Å². The van der Waals surface area contributed by atoms with Crippen LogP contribution in [0.4, 0.5) is 0 Å². The first-order valence-electron chi connectivity index (χ1n) is 10.0. The molecule has 2 amide bonds. The molecule has 0 aromatic carbocycles. The van der Waals surface area contributed by atoms with Crippen molar-refractivity contribution in [1.82, 2.24) is 5.32 Å². The molecule has 26 heavy (non-hydrogen) atoms. The van der Waals surface area contributed by atoms with Crippen LogP contribution in [0, 0.1) is 11.8 Å². The van der Waals surface area contributed by atoms with Gasteiger partial charge in [-0.3, -0.25) is 9.28 Å². The zero-order valence-corrected chi connectivity index (χ0v) is 17.1. The number of nitrogens with one attached hydrogen (secondary N) is 1. The van der Waals surface area contributed by atoms with Gasteiger partial charge in [-0.2, -0.15) is 0 Å². The Morgan fingerprint density at radius 1 is 1.15 bits per heavy atom. The van der Waals surface area contributed by atoms with Crippen molar-refractivity contribution in [1.29, 1.82) is 0 Å². The minimum atomic E-state index is -0.541. The zero-order chi connectivity index (χ0) is 19.7. The first-order valence-corrected chi connectivity index (χ1v) is 10.0. The van der Waals surface area contributed by atoms with Gasteiger partial charge in [-0.1, -0.05) is 20.3 Å². The normalized spacial score (nSPS) is 24.3. The molecule has 0 bridgehead atoms. The molecule has 1 aliphatic rings. The molecule has 1 saturated carbocycles. The van der Waals surface area contributed by atoms with E-state index in [0.29, 0.717) is 25.7 Å². The largest absolute Gasteiger partial charge is 0.378 e. The number of ether oxygens (including phenoxy) is 1. The highest BCUT2D eigenvalue weighted by Crippen LogP contribution is 2.36. The summed E-state index contributed by atoms with van der Waals surface area (Å²) in [5.74, 6) is -0.885. The van der Waals surface area contributed by atoms with Gasteiger partial charge in [0.1, 0.15) is 6.29 Å². The fraction of sp³-hybridized carbons (Fsp3) is 0.850. The second-order valence-electron chi connectivity index (χ2n) is 8.06. The molecular weight excluding hydrogens is 332 g/mol. The number of hydrogen-bond acceptors (Lipinski definition) is 4. The molecule has 1 rings (SSSR count). The third-order valence-electron chi connectivity index (χ3n) is 5.22. The molecule has 6 nitrogen and oxygen atoms in total. The lowest BCUT2D eigenvalue weighted by molar-refractivity contribution is -0.816. The minimum absolute atomic E-state index is 0.0678. The number of quaternary nitrogens is 1. The summed E-state index contributed by atoms with van der Waals surface area (Å²) in [4.78, 5) is 36.7. The van der Waals surface area contributed by atoms with Crippen LogP contribution >= 0.6 is 0 Å².